The van der Waals surface area contributed by atoms with Crippen LogP contribution in [0.3, 0.4) is 0 Å². The van der Waals surface area contributed by atoms with E-state index >= 15 is 0 Å². The van der Waals surface area contributed by atoms with Crippen molar-refractivity contribution in [2.45, 2.75) is 83.2 Å². The second-order valence-corrected chi connectivity index (χ2v) is 10.2. The Morgan fingerprint density at radius 1 is 1.21 bits per heavy atom. The van der Waals surface area contributed by atoms with Crippen LogP contribution in [0.2, 0.25) is 0 Å². The number of hydrogen-bond acceptors (Lipinski definition) is 5. The summed E-state index contributed by atoms with van der Waals surface area (Å²) in [5, 5.41) is 27.5. The maximum Gasteiger partial charge on any atom is 0.330 e. The lowest BCUT2D eigenvalue weighted by molar-refractivity contribution is -0.156. The third-order valence-electron chi connectivity index (χ3n) is 6.61. The summed E-state index contributed by atoms with van der Waals surface area (Å²) in [5.74, 6) is -1.13. The number of hydrogen-bond donors (Lipinski definition) is 2. The molecular weight excluding hydrogens is 420 g/mol. The van der Waals surface area contributed by atoms with Crippen LogP contribution >= 0.6 is 0 Å². The topological polar surface area (TPSA) is 109 Å². The Hall–Kier alpha value is -2.74. The molecule has 0 bridgehead atoms. The third kappa shape index (κ3) is 5.61. The molecule has 3 rings (SSSR count). The van der Waals surface area contributed by atoms with Crippen LogP contribution in [0.15, 0.2) is 30.5 Å². The maximum absolute atomic E-state index is 13.1. The van der Waals surface area contributed by atoms with E-state index in [0.29, 0.717) is 37.9 Å². The number of aliphatic hydroxyl groups is 1. The van der Waals surface area contributed by atoms with Crippen LogP contribution in [0, 0.1) is 0 Å². The van der Waals surface area contributed by atoms with E-state index in [1.807, 2.05) is 0 Å². The molecule has 0 aliphatic carbocycles. The molecule has 1 amide bonds. The van der Waals surface area contributed by atoms with Gasteiger partial charge in [0.1, 0.15) is 5.54 Å². The van der Waals surface area contributed by atoms with E-state index in [9.17, 15) is 19.8 Å². The zero-order chi connectivity index (χ0) is 24.2. The fraction of sp³-hybridized carbons (Fsp3) is 0.600. The fourth-order valence-corrected chi connectivity index (χ4v) is 4.47. The molecule has 1 saturated heterocycles. The highest BCUT2D eigenvalue weighted by Gasteiger charge is 2.50. The van der Waals surface area contributed by atoms with Crippen molar-refractivity contribution < 1.29 is 19.8 Å². The molecule has 1 aliphatic heterocycles. The van der Waals surface area contributed by atoms with Gasteiger partial charge in [-0.15, -0.1) is 5.10 Å². The molecule has 0 saturated carbocycles. The van der Waals surface area contributed by atoms with Gasteiger partial charge in [0.2, 0.25) is 5.91 Å². The van der Waals surface area contributed by atoms with E-state index < -0.39 is 11.5 Å². The van der Waals surface area contributed by atoms with Crippen LogP contribution in [0.25, 0.3) is 0 Å². The van der Waals surface area contributed by atoms with Crippen LogP contribution in [0.1, 0.15) is 76.2 Å². The second kappa shape index (κ2) is 10.0. The molecule has 1 aliphatic rings. The van der Waals surface area contributed by atoms with Gasteiger partial charge in [0.15, 0.2) is 0 Å². The van der Waals surface area contributed by atoms with Crippen LogP contribution in [0.5, 0.6) is 0 Å². The summed E-state index contributed by atoms with van der Waals surface area (Å²) in [7, 11) is 0. The summed E-state index contributed by atoms with van der Waals surface area (Å²) in [6.07, 6.45) is 4.57. The Kier molecular flexibility index (Phi) is 7.57. The van der Waals surface area contributed by atoms with E-state index in [1.54, 1.807) is 13.1 Å². The average molecular weight is 457 g/mol. The number of amides is 1. The van der Waals surface area contributed by atoms with E-state index in [2.05, 4.69) is 55.3 Å². The molecule has 2 aromatic rings. The first-order chi connectivity index (χ1) is 15.6. The van der Waals surface area contributed by atoms with Gasteiger partial charge in [0.05, 0.1) is 18.3 Å². The number of aliphatic hydroxyl groups excluding tert-OH is 1. The fourth-order valence-electron chi connectivity index (χ4n) is 4.47. The lowest BCUT2D eigenvalue weighted by Gasteiger charge is -2.34. The minimum atomic E-state index is -1.30. The van der Waals surface area contributed by atoms with Gasteiger partial charge >= 0.3 is 5.97 Å². The van der Waals surface area contributed by atoms with Crippen LogP contribution in [0.4, 0.5) is 0 Å². The minimum absolute atomic E-state index is 0.0869. The number of carboxylic acid groups (broad SMARTS) is 1. The third-order valence-corrected chi connectivity index (χ3v) is 6.61. The van der Waals surface area contributed by atoms with Gasteiger partial charge in [0.25, 0.3) is 0 Å². The lowest BCUT2D eigenvalue weighted by atomic mass is 9.86. The van der Waals surface area contributed by atoms with E-state index in [1.165, 1.54) is 20.7 Å². The number of nitrogens with zero attached hydrogens (tertiary/aromatic N) is 4. The zero-order valence-corrected chi connectivity index (χ0v) is 20.1. The Morgan fingerprint density at radius 2 is 1.91 bits per heavy atom. The predicted octanol–water partition coefficient (Wildman–Crippen LogP) is 3.14. The zero-order valence-electron chi connectivity index (χ0n) is 20.1. The molecule has 1 aromatic carbocycles. The molecule has 0 radical (unpaired) electrons. The number of carboxylic acids is 1. The van der Waals surface area contributed by atoms with Gasteiger partial charge in [-0.1, -0.05) is 50.3 Å². The van der Waals surface area contributed by atoms with Crippen LogP contribution in [-0.2, 0) is 27.8 Å². The predicted molar refractivity (Wildman–Crippen MR) is 125 cm³/mol. The van der Waals surface area contributed by atoms with Gasteiger partial charge in [-0.2, -0.15) is 0 Å². The number of aromatic nitrogens is 3. The SMILES string of the molecule is C[C@@H](CO)n1cc(CC2(C(=O)O)CCCN2C(=O)CCCc2ccc(C(C)(C)C)cc2)nn1. The van der Waals surface area contributed by atoms with Gasteiger partial charge in [-0.3, -0.25) is 4.79 Å². The minimum Gasteiger partial charge on any atom is -0.479 e. The molecule has 8 heteroatoms. The Balaban J connectivity index is 1.64. The second-order valence-electron chi connectivity index (χ2n) is 10.2. The number of rotatable bonds is 9. The van der Waals surface area contributed by atoms with Crippen LogP contribution < -0.4 is 0 Å². The molecule has 33 heavy (non-hydrogen) atoms. The van der Waals surface area contributed by atoms with Crippen LogP contribution in [-0.4, -0.2) is 60.7 Å². The van der Waals surface area contributed by atoms with Crippen molar-refractivity contribution in [1.29, 1.82) is 0 Å². The summed E-state index contributed by atoms with van der Waals surface area (Å²) in [4.78, 5) is 27.0. The summed E-state index contributed by atoms with van der Waals surface area (Å²) in [6.45, 7) is 8.69. The van der Waals surface area contributed by atoms with Gasteiger partial charge in [-0.25, -0.2) is 9.48 Å². The van der Waals surface area contributed by atoms with Crippen molar-refractivity contribution in [2.24, 2.45) is 0 Å². The first kappa shape index (κ1) is 24.9. The highest BCUT2D eigenvalue weighted by Crippen LogP contribution is 2.34. The monoisotopic (exact) mass is 456 g/mol. The Bertz CT molecular complexity index is 964. The normalized spacial score (nSPS) is 19.6. The van der Waals surface area contributed by atoms with Gasteiger partial charge in [0, 0.05) is 25.6 Å². The smallest absolute Gasteiger partial charge is 0.330 e. The number of aliphatic carboxylic acids is 1. The van der Waals surface area contributed by atoms with Crippen molar-refractivity contribution in [2.75, 3.05) is 13.2 Å². The quantitative estimate of drug-likeness (QED) is 0.600. The lowest BCUT2D eigenvalue weighted by Crippen LogP contribution is -2.54. The molecule has 8 nitrogen and oxygen atoms in total. The molecular formula is C25H36N4O4. The highest BCUT2D eigenvalue weighted by molar-refractivity contribution is 5.88. The first-order valence-corrected chi connectivity index (χ1v) is 11.7. The Morgan fingerprint density at radius 3 is 2.52 bits per heavy atom. The molecule has 2 heterocycles. The highest BCUT2D eigenvalue weighted by atomic mass is 16.4. The van der Waals surface area contributed by atoms with E-state index in [0.717, 1.165) is 6.42 Å². The van der Waals surface area contributed by atoms with Gasteiger partial charge < -0.3 is 15.1 Å². The maximum atomic E-state index is 13.1. The van der Waals surface area contributed by atoms with E-state index in [-0.39, 0.29) is 30.4 Å². The standard InChI is InChI=1S/C25H36N4O4/c1-18(17-30)29-16-21(26-27-29)15-25(23(32)33)13-6-14-28(25)22(31)8-5-7-19-9-11-20(12-10-19)24(2,3)4/h9-12,16,18,30H,5-8,13-15,17H2,1-4H3,(H,32,33)/t18-,25?/m0/s1. The molecule has 180 valence electrons. The van der Waals surface area contributed by atoms with Crippen molar-refractivity contribution >= 4 is 11.9 Å². The number of aryl methyl sites for hydroxylation is 1. The molecule has 1 aromatic heterocycles. The molecule has 1 fully saturated rings. The number of benzene rings is 1. The van der Waals surface area contributed by atoms with Crippen molar-refractivity contribution in [3.8, 4) is 0 Å². The van der Waals surface area contributed by atoms with E-state index in [4.69, 9.17) is 0 Å². The largest absolute Gasteiger partial charge is 0.479 e. The summed E-state index contributed by atoms with van der Waals surface area (Å²) < 4.78 is 1.52. The number of likely N-dealkylation sites (tertiary alicyclic amines) is 1. The van der Waals surface area contributed by atoms with Crippen molar-refractivity contribution in [1.82, 2.24) is 19.9 Å². The average Bonchev–Trinajstić information content (AvgIpc) is 3.41. The molecule has 0 spiro atoms. The first-order valence-electron chi connectivity index (χ1n) is 11.7. The number of carbonyl (C=O) groups is 2. The van der Waals surface area contributed by atoms with Crippen molar-refractivity contribution in [3.05, 3.63) is 47.3 Å². The number of carbonyl (C=O) groups excluding carboxylic acids is 1. The molecule has 2 atom stereocenters. The van der Waals surface area contributed by atoms with Crippen molar-refractivity contribution in [3.63, 3.8) is 0 Å². The summed E-state index contributed by atoms with van der Waals surface area (Å²) >= 11 is 0. The summed E-state index contributed by atoms with van der Waals surface area (Å²) in [6, 6.07) is 8.25. The Labute approximate surface area is 195 Å². The van der Waals surface area contributed by atoms with Gasteiger partial charge in [-0.05, 0) is 49.1 Å². The molecule has 2 N–H and O–H groups in total. The molecule has 1 unspecified atom stereocenters. The summed E-state index contributed by atoms with van der Waals surface area (Å²) in [5.41, 5.74) is 1.77.